The second kappa shape index (κ2) is 9.22. The molecule has 30 heavy (non-hydrogen) atoms. The number of halogens is 1. The lowest BCUT2D eigenvalue weighted by atomic mass is 10.1. The van der Waals surface area contributed by atoms with Crippen molar-refractivity contribution in [1.29, 1.82) is 0 Å². The Hall–Kier alpha value is -2.32. The van der Waals surface area contributed by atoms with Gasteiger partial charge in [0.05, 0.1) is 23.5 Å². The van der Waals surface area contributed by atoms with Crippen LogP contribution in [0.4, 0.5) is 4.79 Å². The maximum atomic E-state index is 13.4. The lowest BCUT2D eigenvalue weighted by Gasteiger charge is -2.20. The molecule has 1 amide bonds. The Morgan fingerprint density at radius 1 is 1.20 bits per heavy atom. The van der Waals surface area contributed by atoms with Crippen LogP contribution in [0.5, 0.6) is 0 Å². The molecule has 3 aromatic rings. The summed E-state index contributed by atoms with van der Waals surface area (Å²) in [6.45, 7) is 3.77. The van der Waals surface area contributed by atoms with Gasteiger partial charge in [-0.25, -0.2) is 9.78 Å². The number of carbonyl (C=O) groups is 1. The van der Waals surface area contributed by atoms with E-state index in [4.69, 9.17) is 9.72 Å². The second-order valence-corrected chi connectivity index (χ2v) is 9.10. The van der Waals surface area contributed by atoms with Gasteiger partial charge in [-0.3, -0.25) is 9.36 Å². The normalized spacial score (nSPS) is 14.9. The number of aromatic nitrogens is 2. The highest BCUT2D eigenvalue weighted by Crippen LogP contribution is 2.26. The van der Waals surface area contributed by atoms with E-state index >= 15 is 0 Å². The summed E-state index contributed by atoms with van der Waals surface area (Å²) in [7, 11) is 0. The molecule has 8 heteroatoms. The number of nitrogens with zero attached hydrogens (tertiary/aromatic N) is 3. The molecule has 156 valence electrons. The van der Waals surface area contributed by atoms with Crippen LogP contribution in [0.25, 0.3) is 10.9 Å². The Bertz CT molecular complexity index is 1120. The van der Waals surface area contributed by atoms with Gasteiger partial charge in [-0.15, -0.1) is 0 Å². The number of hydrogen-bond donors (Lipinski definition) is 0. The average molecular weight is 488 g/mol. The van der Waals surface area contributed by atoms with Crippen molar-refractivity contribution in [2.24, 2.45) is 0 Å². The third kappa shape index (κ3) is 4.39. The van der Waals surface area contributed by atoms with Gasteiger partial charge in [-0.1, -0.05) is 58.0 Å². The number of ether oxygens (including phenoxy) is 1. The Morgan fingerprint density at radius 3 is 2.73 bits per heavy atom. The molecule has 1 saturated heterocycles. The standard InChI is InChI=1S/C22H22BrN3O3S/c1-15(16-6-3-2-4-7-16)26-20(27)18-14-17(23)8-9-19(18)24-21(26)30-13-5-10-25-11-12-29-22(25)28/h2-4,6-9,14-15H,5,10-13H2,1H3. The Labute approximate surface area is 187 Å². The lowest BCUT2D eigenvalue weighted by Crippen LogP contribution is -2.27. The molecule has 1 fully saturated rings. The van der Waals surface area contributed by atoms with Gasteiger partial charge in [0.25, 0.3) is 5.56 Å². The van der Waals surface area contributed by atoms with Gasteiger partial charge < -0.3 is 9.64 Å². The number of fused-ring (bicyclic) bond motifs is 1. The van der Waals surface area contributed by atoms with E-state index in [0.717, 1.165) is 22.2 Å². The fourth-order valence-electron chi connectivity index (χ4n) is 3.52. The van der Waals surface area contributed by atoms with Crippen LogP contribution >= 0.6 is 27.7 Å². The van der Waals surface area contributed by atoms with Crippen LogP contribution in [-0.4, -0.2) is 46.0 Å². The molecule has 1 aliphatic rings. The van der Waals surface area contributed by atoms with Crippen molar-refractivity contribution >= 4 is 44.7 Å². The summed E-state index contributed by atoms with van der Waals surface area (Å²) < 4.78 is 7.60. The quantitative estimate of drug-likeness (QED) is 0.274. The summed E-state index contributed by atoms with van der Waals surface area (Å²) in [6, 6.07) is 15.4. The molecule has 1 atom stereocenters. The highest BCUT2D eigenvalue weighted by molar-refractivity contribution is 9.10. The first-order chi connectivity index (χ1) is 14.5. The maximum Gasteiger partial charge on any atom is 0.409 e. The Morgan fingerprint density at radius 2 is 2.00 bits per heavy atom. The molecular weight excluding hydrogens is 466 g/mol. The van der Waals surface area contributed by atoms with Gasteiger partial charge in [-0.05, 0) is 37.1 Å². The smallest absolute Gasteiger partial charge is 0.409 e. The fourth-order valence-corrected chi connectivity index (χ4v) is 4.88. The minimum atomic E-state index is -0.246. The minimum Gasteiger partial charge on any atom is -0.448 e. The van der Waals surface area contributed by atoms with Gasteiger partial charge in [0.15, 0.2) is 5.16 Å². The van der Waals surface area contributed by atoms with Crippen molar-refractivity contribution in [3.8, 4) is 0 Å². The molecule has 2 aromatic carbocycles. The van der Waals surface area contributed by atoms with Crippen molar-refractivity contribution in [3.05, 3.63) is 68.9 Å². The molecule has 4 rings (SSSR count). The summed E-state index contributed by atoms with van der Waals surface area (Å²) in [5.74, 6) is 0.750. The first kappa shape index (κ1) is 20.9. The van der Waals surface area contributed by atoms with Gasteiger partial charge >= 0.3 is 6.09 Å². The number of carbonyl (C=O) groups excluding carboxylic acids is 1. The average Bonchev–Trinajstić information content (AvgIpc) is 3.17. The zero-order valence-corrected chi connectivity index (χ0v) is 19.0. The van der Waals surface area contributed by atoms with E-state index in [2.05, 4.69) is 15.9 Å². The molecule has 0 aliphatic carbocycles. The molecule has 6 nitrogen and oxygen atoms in total. The monoisotopic (exact) mass is 487 g/mol. The van der Waals surface area contributed by atoms with Crippen LogP contribution in [-0.2, 0) is 4.74 Å². The van der Waals surface area contributed by atoms with Gasteiger partial charge in [-0.2, -0.15) is 0 Å². The molecule has 0 spiro atoms. The molecule has 1 aromatic heterocycles. The zero-order valence-electron chi connectivity index (χ0n) is 16.6. The summed E-state index contributed by atoms with van der Waals surface area (Å²) in [4.78, 5) is 31.5. The van der Waals surface area contributed by atoms with E-state index in [9.17, 15) is 9.59 Å². The number of amides is 1. The largest absolute Gasteiger partial charge is 0.448 e. The Balaban J connectivity index is 1.63. The molecule has 0 bridgehead atoms. The third-order valence-electron chi connectivity index (χ3n) is 5.15. The summed E-state index contributed by atoms with van der Waals surface area (Å²) in [5.41, 5.74) is 1.69. The van der Waals surface area contributed by atoms with Gasteiger partial charge in [0.1, 0.15) is 6.61 Å². The second-order valence-electron chi connectivity index (χ2n) is 7.12. The van der Waals surface area contributed by atoms with Crippen molar-refractivity contribution in [2.45, 2.75) is 24.5 Å². The highest BCUT2D eigenvalue weighted by atomic mass is 79.9. The number of benzene rings is 2. The van der Waals surface area contributed by atoms with Crippen LogP contribution in [0.3, 0.4) is 0 Å². The molecular formula is C22H22BrN3O3S. The first-order valence-electron chi connectivity index (χ1n) is 9.86. The topological polar surface area (TPSA) is 64.4 Å². The molecule has 1 unspecified atom stereocenters. The molecule has 1 aliphatic heterocycles. The van der Waals surface area contributed by atoms with Crippen LogP contribution in [0.1, 0.15) is 24.9 Å². The predicted octanol–water partition coefficient (Wildman–Crippen LogP) is 4.70. The highest BCUT2D eigenvalue weighted by Gasteiger charge is 2.22. The Kier molecular flexibility index (Phi) is 6.43. The number of thioether (sulfide) groups is 1. The number of rotatable bonds is 7. The van der Waals surface area contributed by atoms with Crippen LogP contribution in [0.2, 0.25) is 0 Å². The summed E-state index contributed by atoms with van der Waals surface area (Å²) in [6.07, 6.45) is 0.553. The van der Waals surface area contributed by atoms with Crippen molar-refractivity contribution in [2.75, 3.05) is 25.4 Å². The number of cyclic esters (lactones) is 1. The van der Waals surface area contributed by atoms with E-state index in [1.807, 2.05) is 55.5 Å². The van der Waals surface area contributed by atoms with Gasteiger partial charge in [0, 0.05) is 16.8 Å². The van der Waals surface area contributed by atoms with Crippen molar-refractivity contribution in [1.82, 2.24) is 14.5 Å². The lowest BCUT2D eigenvalue weighted by molar-refractivity contribution is 0.158. The van der Waals surface area contributed by atoms with E-state index in [-0.39, 0.29) is 17.7 Å². The number of hydrogen-bond acceptors (Lipinski definition) is 5. The molecule has 0 radical (unpaired) electrons. The molecule has 0 N–H and O–H groups in total. The first-order valence-corrected chi connectivity index (χ1v) is 11.6. The SMILES string of the molecule is CC(c1ccccc1)n1c(SCCCN2CCOC2=O)nc2ccc(Br)cc2c1=O. The predicted molar refractivity (Wildman–Crippen MR) is 122 cm³/mol. The van der Waals surface area contributed by atoms with Crippen LogP contribution < -0.4 is 5.56 Å². The van der Waals surface area contributed by atoms with Gasteiger partial charge in [0.2, 0.25) is 0 Å². The summed E-state index contributed by atoms with van der Waals surface area (Å²) in [5, 5.41) is 1.28. The summed E-state index contributed by atoms with van der Waals surface area (Å²) >= 11 is 5.01. The van der Waals surface area contributed by atoms with E-state index in [1.165, 1.54) is 0 Å². The van der Waals surface area contributed by atoms with Crippen LogP contribution in [0.15, 0.2) is 63.0 Å². The zero-order chi connectivity index (χ0) is 21.1. The van der Waals surface area contributed by atoms with E-state index < -0.39 is 0 Å². The van der Waals surface area contributed by atoms with E-state index in [0.29, 0.717) is 35.8 Å². The molecule has 0 saturated carbocycles. The van der Waals surface area contributed by atoms with E-state index in [1.54, 1.807) is 21.2 Å². The fraction of sp³-hybridized carbons (Fsp3) is 0.318. The van der Waals surface area contributed by atoms with Crippen molar-refractivity contribution in [3.63, 3.8) is 0 Å². The van der Waals surface area contributed by atoms with Crippen molar-refractivity contribution < 1.29 is 9.53 Å². The molecule has 2 heterocycles. The maximum absolute atomic E-state index is 13.4. The van der Waals surface area contributed by atoms with Crippen LogP contribution in [0, 0.1) is 0 Å². The minimum absolute atomic E-state index is 0.0525. The third-order valence-corrected chi connectivity index (χ3v) is 6.68.